The van der Waals surface area contributed by atoms with Crippen LogP contribution in [0.5, 0.6) is 0 Å². The van der Waals surface area contributed by atoms with Crippen LogP contribution in [0.1, 0.15) is 51.9 Å². The van der Waals surface area contributed by atoms with Gasteiger partial charge in [-0.2, -0.15) is 0 Å². The summed E-state index contributed by atoms with van der Waals surface area (Å²) in [5, 5.41) is 30.9. The highest BCUT2D eigenvalue weighted by atomic mass is 16.4. The van der Waals surface area contributed by atoms with Gasteiger partial charge < -0.3 is 15.3 Å². The highest BCUT2D eigenvalue weighted by molar-refractivity contribution is 5.71. The SMILES string of the molecule is C=C1[C@@H]2CC[C@H]3[C@]4(C)C[C@H](O)C[C@@H](C(=O)O)[C@H]4CC[C@]3(C2)[C@H]1O. The zero-order chi connectivity index (χ0) is 16.6. The summed E-state index contributed by atoms with van der Waals surface area (Å²) < 4.78 is 0. The molecule has 0 aliphatic heterocycles. The zero-order valence-corrected chi connectivity index (χ0v) is 13.9. The summed E-state index contributed by atoms with van der Waals surface area (Å²) in [6, 6.07) is 0. The van der Waals surface area contributed by atoms with Crippen molar-refractivity contribution in [3.05, 3.63) is 12.2 Å². The first-order chi connectivity index (χ1) is 10.8. The van der Waals surface area contributed by atoms with E-state index in [1.54, 1.807) is 0 Å². The Balaban J connectivity index is 1.76. The van der Waals surface area contributed by atoms with Gasteiger partial charge in [0, 0.05) is 5.41 Å². The van der Waals surface area contributed by atoms with Crippen LogP contribution in [-0.2, 0) is 4.79 Å². The number of carboxylic acids is 1. The second kappa shape index (κ2) is 4.82. The van der Waals surface area contributed by atoms with E-state index in [4.69, 9.17) is 0 Å². The maximum absolute atomic E-state index is 11.8. The first kappa shape index (κ1) is 15.6. The number of rotatable bonds is 1. The maximum atomic E-state index is 11.8. The van der Waals surface area contributed by atoms with E-state index in [0.717, 1.165) is 37.7 Å². The lowest BCUT2D eigenvalue weighted by atomic mass is 9.43. The monoisotopic (exact) mass is 320 g/mol. The lowest BCUT2D eigenvalue weighted by Gasteiger charge is -2.62. The third kappa shape index (κ3) is 1.88. The number of carboxylic acid groups (broad SMARTS) is 1. The third-order valence-electron chi connectivity index (χ3n) is 8.11. The number of carbonyl (C=O) groups is 1. The lowest BCUT2D eigenvalue weighted by molar-refractivity contribution is -0.184. The molecule has 4 nitrogen and oxygen atoms in total. The lowest BCUT2D eigenvalue weighted by Crippen LogP contribution is -2.59. The Morgan fingerprint density at radius 1 is 1.22 bits per heavy atom. The van der Waals surface area contributed by atoms with Crippen LogP contribution in [0.3, 0.4) is 0 Å². The van der Waals surface area contributed by atoms with Crippen LogP contribution < -0.4 is 0 Å². The molecule has 0 heterocycles. The van der Waals surface area contributed by atoms with Gasteiger partial charge in [0.2, 0.25) is 0 Å². The van der Waals surface area contributed by atoms with E-state index in [-0.39, 0.29) is 16.7 Å². The number of hydrogen-bond acceptors (Lipinski definition) is 3. The van der Waals surface area contributed by atoms with Crippen molar-refractivity contribution < 1.29 is 20.1 Å². The van der Waals surface area contributed by atoms with Gasteiger partial charge in [-0.3, -0.25) is 4.79 Å². The molecular weight excluding hydrogens is 292 g/mol. The molecule has 0 aromatic heterocycles. The molecule has 1 spiro atoms. The molecule has 0 unspecified atom stereocenters. The highest BCUT2D eigenvalue weighted by Gasteiger charge is 2.66. The second-order valence-corrected chi connectivity index (χ2v) is 8.93. The Labute approximate surface area is 137 Å². The number of aliphatic carboxylic acids is 1. The van der Waals surface area contributed by atoms with Crippen LogP contribution in [0.4, 0.5) is 0 Å². The van der Waals surface area contributed by atoms with Crippen LogP contribution >= 0.6 is 0 Å². The first-order valence-corrected chi connectivity index (χ1v) is 9.07. The normalized spacial score (nSPS) is 55.2. The quantitative estimate of drug-likeness (QED) is 0.649. The Hall–Kier alpha value is -0.870. The second-order valence-electron chi connectivity index (χ2n) is 8.93. The van der Waals surface area contributed by atoms with Gasteiger partial charge in [-0.25, -0.2) is 0 Å². The van der Waals surface area contributed by atoms with Gasteiger partial charge in [-0.1, -0.05) is 13.5 Å². The van der Waals surface area contributed by atoms with E-state index in [1.165, 1.54) is 0 Å². The minimum Gasteiger partial charge on any atom is -0.481 e. The molecular formula is C19H28O4. The fraction of sp³-hybridized carbons (Fsp3) is 0.842. The van der Waals surface area contributed by atoms with Crippen molar-refractivity contribution in [1.82, 2.24) is 0 Å². The van der Waals surface area contributed by atoms with E-state index in [2.05, 4.69) is 13.5 Å². The molecule has 3 N–H and O–H groups in total. The molecule has 0 radical (unpaired) electrons. The number of aliphatic hydroxyl groups excluding tert-OH is 2. The summed E-state index contributed by atoms with van der Waals surface area (Å²) in [6.07, 6.45) is 4.94. The van der Waals surface area contributed by atoms with Gasteiger partial charge in [0.05, 0.1) is 18.1 Å². The molecule has 0 aromatic carbocycles. The molecule has 0 saturated heterocycles. The molecule has 4 fully saturated rings. The molecule has 2 bridgehead atoms. The molecule has 23 heavy (non-hydrogen) atoms. The maximum Gasteiger partial charge on any atom is 0.306 e. The molecule has 8 atom stereocenters. The summed E-state index contributed by atoms with van der Waals surface area (Å²) in [4.78, 5) is 11.8. The van der Waals surface area contributed by atoms with Crippen LogP contribution in [0.2, 0.25) is 0 Å². The van der Waals surface area contributed by atoms with Crippen LogP contribution in [0, 0.1) is 34.5 Å². The number of hydrogen-bond donors (Lipinski definition) is 3. The first-order valence-electron chi connectivity index (χ1n) is 9.07. The van der Waals surface area contributed by atoms with Gasteiger partial charge in [-0.15, -0.1) is 0 Å². The standard InChI is InChI=1S/C19H28O4/c1-10-11-3-4-15-18(2)9-12(20)7-13(17(22)23)14(18)5-6-19(15,8-11)16(10)21/h11-16,20-21H,1,3-9H2,2H3,(H,22,23)/t11-,12-,13-,14-,15+,16+,18-,19-/m1/s1. The van der Waals surface area contributed by atoms with Crippen molar-refractivity contribution in [2.24, 2.45) is 34.5 Å². The Bertz CT molecular complexity index is 558. The largest absolute Gasteiger partial charge is 0.481 e. The Morgan fingerprint density at radius 2 is 1.96 bits per heavy atom. The molecule has 4 rings (SSSR count). The van der Waals surface area contributed by atoms with Gasteiger partial charge >= 0.3 is 5.97 Å². The average molecular weight is 320 g/mol. The predicted molar refractivity (Wildman–Crippen MR) is 85.6 cm³/mol. The summed E-state index contributed by atoms with van der Waals surface area (Å²) in [7, 11) is 0. The van der Waals surface area contributed by atoms with Crippen molar-refractivity contribution in [3.63, 3.8) is 0 Å². The van der Waals surface area contributed by atoms with Gasteiger partial charge in [0.25, 0.3) is 0 Å². The van der Waals surface area contributed by atoms with Crippen LogP contribution in [0.25, 0.3) is 0 Å². The van der Waals surface area contributed by atoms with Crippen molar-refractivity contribution in [3.8, 4) is 0 Å². The molecule has 128 valence electrons. The number of fused-ring (bicyclic) bond motifs is 3. The fourth-order valence-electron chi connectivity index (χ4n) is 7.26. The Morgan fingerprint density at radius 3 is 2.65 bits per heavy atom. The third-order valence-corrected chi connectivity index (χ3v) is 8.11. The van der Waals surface area contributed by atoms with Gasteiger partial charge in [-0.05, 0) is 73.7 Å². The van der Waals surface area contributed by atoms with Crippen LogP contribution in [0.15, 0.2) is 12.2 Å². The van der Waals surface area contributed by atoms with E-state index in [0.29, 0.717) is 24.7 Å². The molecule has 4 saturated carbocycles. The summed E-state index contributed by atoms with van der Waals surface area (Å²) in [5.41, 5.74) is 0.696. The topological polar surface area (TPSA) is 77.8 Å². The smallest absolute Gasteiger partial charge is 0.306 e. The highest BCUT2D eigenvalue weighted by Crippen LogP contribution is 2.70. The van der Waals surface area contributed by atoms with Crippen molar-refractivity contribution >= 4 is 5.97 Å². The van der Waals surface area contributed by atoms with E-state index < -0.39 is 24.1 Å². The predicted octanol–water partition coefficient (Wildman–Crippen LogP) is 2.59. The van der Waals surface area contributed by atoms with E-state index >= 15 is 0 Å². The van der Waals surface area contributed by atoms with Gasteiger partial charge in [0.15, 0.2) is 0 Å². The average Bonchev–Trinajstić information content (AvgIpc) is 2.66. The van der Waals surface area contributed by atoms with Crippen molar-refractivity contribution in [2.45, 2.75) is 64.1 Å². The fourth-order valence-corrected chi connectivity index (χ4v) is 7.26. The summed E-state index contributed by atoms with van der Waals surface area (Å²) in [5.74, 6) is -0.348. The molecule has 4 aliphatic carbocycles. The minimum absolute atomic E-state index is 0.120. The van der Waals surface area contributed by atoms with Crippen molar-refractivity contribution in [1.29, 1.82) is 0 Å². The molecule has 4 aliphatic rings. The molecule has 0 amide bonds. The van der Waals surface area contributed by atoms with Gasteiger partial charge in [0.1, 0.15) is 0 Å². The molecule has 4 heteroatoms. The Kier molecular flexibility index (Phi) is 3.28. The number of aliphatic hydroxyl groups is 2. The minimum atomic E-state index is -0.763. The van der Waals surface area contributed by atoms with E-state index in [1.807, 2.05) is 0 Å². The van der Waals surface area contributed by atoms with E-state index in [9.17, 15) is 20.1 Å². The van der Waals surface area contributed by atoms with Crippen molar-refractivity contribution in [2.75, 3.05) is 0 Å². The zero-order valence-electron chi connectivity index (χ0n) is 13.9. The molecule has 0 aromatic rings. The summed E-state index contributed by atoms with van der Waals surface area (Å²) in [6.45, 7) is 6.35. The summed E-state index contributed by atoms with van der Waals surface area (Å²) >= 11 is 0. The van der Waals surface area contributed by atoms with Crippen LogP contribution in [-0.4, -0.2) is 33.5 Å².